The monoisotopic (exact) mass is 280 g/mol. The third-order valence-electron chi connectivity index (χ3n) is 5.85. The summed E-state index contributed by atoms with van der Waals surface area (Å²) in [4.78, 5) is 12.7. The highest BCUT2D eigenvalue weighted by Gasteiger charge is 2.38. The average Bonchev–Trinajstić information content (AvgIpc) is 2.36. The van der Waals surface area contributed by atoms with Crippen molar-refractivity contribution in [3.63, 3.8) is 0 Å². The smallest absolute Gasteiger partial charge is 0.223 e. The lowest BCUT2D eigenvalue weighted by Crippen LogP contribution is -2.52. The SMILES string of the molecule is CC1CC(C)C(C(=O)NC2CCCCC2(C)C)CC1N. The summed E-state index contributed by atoms with van der Waals surface area (Å²) in [6, 6.07) is 0.521. The minimum Gasteiger partial charge on any atom is -0.353 e. The molecule has 0 heterocycles. The van der Waals surface area contributed by atoms with Crippen LogP contribution in [0.4, 0.5) is 0 Å². The summed E-state index contributed by atoms with van der Waals surface area (Å²) in [5.41, 5.74) is 6.41. The third kappa shape index (κ3) is 3.36. The molecule has 5 atom stereocenters. The Morgan fingerprint density at radius 3 is 2.50 bits per heavy atom. The van der Waals surface area contributed by atoms with Crippen molar-refractivity contribution in [2.24, 2.45) is 28.9 Å². The van der Waals surface area contributed by atoms with Crippen LogP contribution in [0, 0.1) is 23.2 Å². The first-order valence-electron chi connectivity index (χ1n) is 8.37. The van der Waals surface area contributed by atoms with Crippen LogP contribution in [0.2, 0.25) is 0 Å². The molecule has 2 saturated carbocycles. The zero-order valence-electron chi connectivity index (χ0n) is 13.6. The van der Waals surface area contributed by atoms with Crippen LogP contribution in [0.15, 0.2) is 0 Å². The van der Waals surface area contributed by atoms with Gasteiger partial charge in [-0.3, -0.25) is 4.79 Å². The standard InChI is InChI=1S/C17H32N2O/c1-11-9-12(2)14(18)10-13(11)16(20)19-15-7-5-6-8-17(15,3)4/h11-15H,5-10,18H2,1-4H3,(H,19,20). The van der Waals surface area contributed by atoms with Crippen LogP contribution in [-0.4, -0.2) is 18.0 Å². The number of amides is 1. The zero-order chi connectivity index (χ0) is 14.9. The van der Waals surface area contributed by atoms with Gasteiger partial charge in [-0.2, -0.15) is 0 Å². The van der Waals surface area contributed by atoms with E-state index in [9.17, 15) is 4.79 Å². The Morgan fingerprint density at radius 2 is 1.85 bits per heavy atom. The fraction of sp³-hybridized carbons (Fsp3) is 0.941. The highest BCUT2D eigenvalue weighted by atomic mass is 16.2. The van der Waals surface area contributed by atoms with Gasteiger partial charge >= 0.3 is 0 Å². The van der Waals surface area contributed by atoms with Crippen LogP contribution in [0.25, 0.3) is 0 Å². The van der Waals surface area contributed by atoms with Gasteiger partial charge in [-0.25, -0.2) is 0 Å². The quantitative estimate of drug-likeness (QED) is 0.816. The first-order chi connectivity index (χ1) is 9.31. The summed E-state index contributed by atoms with van der Waals surface area (Å²) in [5, 5.41) is 3.35. The summed E-state index contributed by atoms with van der Waals surface area (Å²) < 4.78 is 0. The second-order valence-corrected chi connectivity index (χ2v) is 7.99. The molecule has 2 rings (SSSR count). The second kappa shape index (κ2) is 6.05. The van der Waals surface area contributed by atoms with Crippen molar-refractivity contribution in [3.8, 4) is 0 Å². The van der Waals surface area contributed by atoms with Gasteiger partial charge in [0.05, 0.1) is 0 Å². The molecule has 0 spiro atoms. The van der Waals surface area contributed by atoms with E-state index < -0.39 is 0 Å². The number of carbonyl (C=O) groups excluding carboxylic acids is 1. The van der Waals surface area contributed by atoms with Gasteiger partial charge in [-0.1, -0.05) is 40.5 Å². The van der Waals surface area contributed by atoms with Crippen LogP contribution < -0.4 is 11.1 Å². The molecule has 0 aromatic heterocycles. The second-order valence-electron chi connectivity index (χ2n) is 7.99. The maximum Gasteiger partial charge on any atom is 0.223 e. The van der Waals surface area contributed by atoms with Crippen LogP contribution in [-0.2, 0) is 4.79 Å². The molecule has 3 nitrogen and oxygen atoms in total. The number of carbonyl (C=O) groups is 1. The molecular weight excluding hydrogens is 248 g/mol. The minimum atomic E-state index is 0.110. The van der Waals surface area contributed by atoms with E-state index >= 15 is 0 Å². The molecule has 3 heteroatoms. The molecule has 0 aromatic rings. The van der Waals surface area contributed by atoms with Crippen molar-refractivity contribution < 1.29 is 4.79 Å². The molecule has 2 aliphatic rings. The van der Waals surface area contributed by atoms with Gasteiger partial charge in [0.15, 0.2) is 0 Å². The van der Waals surface area contributed by atoms with Crippen LogP contribution in [0.1, 0.15) is 66.2 Å². The van der Waals surface area contributed by atoms with Gasteiger partial charge in [0.2, 0.25) is 5.91 Å². The molecule has 0 aromatic carbocycles. The minimum absolute atomic E-state index is 0.110. The average molecular weight is 280 g/mol. The van der Waals surface area contributed by atoms with Gasteiger partial charge in [0.25, 0.3) is 0 Å². The molecule has 20 heavy (non-hydrogen) atoms. The van der Waals surface area contributed by atoms with E-state index in [2.05, 4.69) is 33.0 Å². The summed E-state index contributed by atoms with van der Waals surface area (Å²) in [6.45, 7) is 8.99. The summed E-state index contributed by atoms with van der Waals surface area (Å²) in [7, 11) is 0. The van der Waals surface area contributed by atoms with E-state index in [1.165, 1.54) is 19.3 Å². The number of hydrogen-bond donors (Lipinski definition) is 2. The number of hydrogen-bond acceptors (Lipinski definition) is 2. The molecule has 116 valence electrons. The number of rotatable bonds is 2. The molecular formula is C17H32N2O. The van der Waals surface area contributed by atoms with Crippen molar-refractivity contribution in [3.05, 3.63) is 0 Å². The lowest BCUT2D eigenvalue weighted by molar-refractivity contribution is -0.130. The zero-order valence-corrected chi connectivity index (χ0v) is 13.6. The van der Waals surface area contributed by atoms with Crippen molar-refractivity contribution >= 4 is 5.91 Å². The Kier molecular flexibility index (Phi) is 4.78. The predicted molar refractivity (Wildman–Crippen MR) is 83.2 cm³/mol. The van der Waals surface area contributed by atoms with Gasteiger partial charge in [0.1, 0.15) is 0 Å². The third-order valence-corrected chi connectivity index (χ3v) is 5.85. The van der Waals surface area contributed by atoms with Crippen molar-refractivity contribution in [2.45, 2.75) is 78.3 Å². The molecule has 1 amide bonds. The molecule has 0 saturated heterocycles. The summed E-state index contributed by atoms with van der Waals surface area (Å²) >= 11 is 0. The molecule has 2 aliphatic carbocycles. The fourth-order valence-corrected chi connectivity index (χ4v) is 4.09. The van der Waals surface area contributed by atoms with E-state index in [1.54, 1.807) is 0 Å². The first kappa shape index (κ1) is 15.8. The van der Waals surface area contributed by atoms with E-state index in [0.29, 0.717) is 17.9 Å². The molecule has 5 unspecified atom stereocenters. The highest BCUT2D eigenvalue weighted by molar-refractivity contribution is 5.79. The lowest BCUT2D eigenvalue weighted by atomic mass is 9.71. The molecule has 0 bridgehead atoms. The van der Waals surface area contributed by atoms with Crippen LogP contribution >= 0.6 is 0 Å². The normalized spacial score (nSPS) is 41.1. The van der Waals surface area contributed by atoms with E-state index in [-0.39, 0.29) is 23.3 Å². The Bertz CT molecular complexity index is 353. The molecule has 3 N–H and O–H groups in total. The van der Waals surface area contributed by atoms with E-state index in [0.717, 1.165) is 19.3 Å². The predicted octanol–water partition coefficient (Wildman–Crippen LogP) is 3.08. The Labute approximate surface area is 124 Å². The van der Waals surface area contributed by atoms with Gasteiger partial charge in [-0.15, -0.1) is 0 Å². The van der Waals surface area contributed by atoms with Crippen molar-refractivity contribution in [2.75, 3.05) is 0 Å². The Hall–Kier alpha value is -0.570. The molecule has 0 radical (unpaired) electrons. The number of nitrogens with two attached hydrogens (primary N) is 1. The van der Waals surface area contributed by atoms with Gasteiger partial charge in [0, 0.05) is 18.0 Å². The summed E-state index contributed by atoms with van der Waals surface area (Å²) in [5.74, 6) is 1.36. The highest BCUT2D eigenvalue weighted by Crippen LogP contribution is 2.37. The number of nitrogens with one attached hydrogen (secondary N) is 1. The first-order valence-corrected chi connectivity index (χ1v) is 8.37. The Morgan fingerprint density at radius 1 is 1.15 bits per heavy atom. The molecule has 2 fully saturated rings. The molecule has 0 aliphatic heterocycles. The van der Waals surface area contributed by atoms with Gasteiger partial charge in [-0.05, 0) is 42.9 Å². The van der Waals surface area contributed by atoms with Crippen molar-refractivity contribution in [1.82, 2.24) is 5.32 Å². The fourth-order valence-electron chi connectivity index (χ4n) is 4.09. The van der Waals surface area contributed by atoms with Crippen LogP contribution in [0.3, 0.4) is 0 Å². The topological polar surface area (TPSA) is 55.1 Å². The van der Waals surface area contributed by atoms with E-state index in [1.807, 2.05) is 0 Å². The van der Waals surface area contributed by atoms with E-state index in [4.69, 9.17) is 5.73 Å². The van der Waals surface area contributed by atoms with Crippen molar-refractivity contribution in [1.29, 1.82) is 0 Å². The summed E-state index contributed by atoms with van der Waals surface area (Å²) in [6.07, 6.45) is 6.80. The Balaban J connectivity index is 1.97. The largest absolute Gasteiger partial charge is 0.353 e. The maximum absolute atomic E-state index is 12.7. The maximum atomic E-state index is 12.7. The van der Waals surface area contributed by atoms with Gasteiger partial charge < -0.3 is 11.1 Å². The lowest BCUT2D eigenvalue weighted by Gasteiger charge is -2.41. The van der Waals surface area contributed by atoms with Crippen LogP contribution in [0.5, 0.6) is 0 Å².